The summed E-state index contributed by atoms with van der Waals surface area (Å²) >= 11 is 7.83. The van der Waals surface area contributed by atoms with Gasteiger partial charge in [0.05, 0.1) is 26.6 Å². The average molecular weight is 790 g/mol. The molecule has 0 saturated carbocycles. The first-order valence-corrected chi connectivity index (χ1v) is 18.8. The number of anilines is 2. The fraction of sp³-hybridized carbons (Fsp3) is 0.375. The van der Waals surface area contributed by atoms with Crippen LogP contribution in [0.1, 0.15) is 52.7 Å². The standard InChI is InChI=1S/C40H42ClF2N7O4S/c1-39(2,3)53-37(51)47-36-46-33-24(12-13-28(42)35(33)55-36)29-27(41)19-25-32(30(29)43)45-31(23-11-9-10-22(18-23)21-48(7)8)26(20-44)34(25)49-14-16-50(17-15-49)38(52)54-40(4,5)6/h9-13,18-19H,14-17,21H2,1-8H3,(H,46,47,51). The molecule has 3 aromatic carbocycles. The Morgan fingerprint density at radius 2 is 1.67 bits per heavy atom. The molecule has 5 aromatic rings. The first-order valence-electron chi connectivity index (χ1n) is 17.7. The van der Waals surface area contributed by atoms with Crippen molar-refractivity contribution in [3.05, 3.63) is 70.2 Å². The minimum atomic E-state index is -0.797. The summed E-state index contributed by atoms with van der Waals surface area (Å²) < 4.78 is 43.6. The molecule has 6 rings (SSSR count). The summed E-state index contributed by atoms with van der Waals surface area (Å²) in [5, 5.41) is 13.6. The Balaban J connectivity index is 1.53. The Kier molecular flexibility index (Phi) is 10.9. The summed E-state index contributed by atoms with van der Waals surface area (Å²) in [4.78, 5) is 40.3. The van der Waals surface area contributed by atoms with Crippen molar-refractivity contribution >= 4 is 67.1 Å². The van der Waals surface area contributed by atoms with Crippen molar-refractivity contribution < 1.29 is 27.8 Å². The molecule has 1 fully saturated rings. The number of hydrogen-bond donors (Lipinski definition) is 1. The van der Waals surface area contributed by atoms with Crippen molar-refractivity contribution in [2.24, 2.45) is 0 Å². The number of halogens is 3. The SMILES string of the molecule is CN(C)Cc1cccc(-c2nc3c(F)c(-c4ccc(F)c5sc(NC(=O)OC(C)(C)C)nc45)c(Cl)cc3c(N3CCN(C(=O)OC(C)(C)C)CC3)c2C#N)c1. The Morgan fingerprint density at radius 1 is 0.982 bits per heavy atom. The highest BCUT2D eigenvalue weighted by Gasteiger charge is 2.31. The summed E-state index contributed by atoms with van der Waals surface area (Å²) in [6, 6.07) is 14.1. The van der Waals surface area contributed by atoms with E-state index in [1.54, 1.807) is 52.5 Å². The van der Waals surface area contributed by atoms with Crippen LogP contribution in [0.5, 0.6) is 0 Å². The largest absolute Gasteiger partial charge is 0.444 e. The number of fused-ring (bicyclic) bond motifs is 2. The number of piperazine rings is 1. The molecule has 1 aliphatic rings. The number of carbonyl (C=O) groups is 2. The van der Waals surface area contributed by atoms with Crippen LogP contribution < -0.4 is 10.2 Å². The highest BCUT2D eigenvalue weighted by molar-refractivity contribution is 7.22. The first kappa shape index (κ1) is 39.6. The quantitative estimate of drug-likeness (QED) is 0.179. The molecule has 15 heteroatoms. The van der Waals surface area contributed by atoms with Gasteiger partial charge in [0, 0.05) is 54.8 Å². The van der Waals surface area contributed by atoms with Crippen LogP contribution in [0.3, 0.4) is 0 Å². The maximum Gasteiger partial charge on any atom is 0.413 e. The van der Waals surface area contributed by atoms with Gasteiger partial charge in [-0.1, -0.05) is 41.1 Å². The molecule has 2 aromatic heterocycles. The minimum Gasteiger partial charge on any atom is -0.444 e. The number of nitriles is 1. The van der Waals surface area contributed by atoms with Crippen molar-refractivity contribution in [2.45, 2.75) is 59.3 Å². The van der Waals surface area contributed by atoms with Gasteiger partial charge in [-0.15, -0.1) is 0 Å². The van der Waals surface area contributed by atoms with Gasteiger partial charge in [0.15, 0.2) is 10.9 Å². The lowest BCUT2D eigenvalue weighted by Crippen LogP contribution is -2.50. The number of hydrogen-bond acceptors (Lipinski definition) is 10. The molecule has 0 spiro atoms. The predicted molar refractivity (Wildman–Crippen MR) is 213 cm³/mol. The van der Waals surface area contributed by atoms with E-state index in [1.165, 1.54) is 12.1 Å². The molecule has 55 heavy (non-hydrogen) atoms. The van der Waals surface area contributed by atoms with Crippen LogP contribution in [0.15, 0.2) is 42.5 Å². The van der Waals surface area contributed by atoms with Gasteiger partial charge in [-0.3, -0.25) is 5.32 Å². The fourth-order valence-electron chi connectivity index (χ4n) is 6.45. The van der Waals surface area contributed by atoms with Crippen LogP contribution in [0.25, 0.3) is 43.5 Å². The Labute approximate surface area is 327 Å². The molecule has 3 heterocycles. The third-order valence-corrected chi connectivity index (χ3v) is 9.85. The Morgan fingerprint density at radius 3 is 2.31 bits per heavy atom. The normalized spacial score (nSPS) is 13.7. The first-order chi connectivity index (χ1) is 25.8. The van der Waals surface area contributed by atoms with Gasteiger partial charge in [0.1, 0.15) is 34.2 Å². The highest BCUT2D eigenvalue weighted by atomic mass is 35.5. The van der Waals surface area contributed by atoms with E-state index in [2.05, 4.69) is 16.4 Å². The average Bonchev–Trinajstić information content (AvgIpc) is 3.51. The van der Waals surface area contributed by atoms with E-state index in [4.69, 9.17) is 26.1 Å². The van der Waals surface area contributed by atoms with E-state index >= 15 is 8.78 Å². The number of nitrogens with one attached hydrogen (secondary N) is 1. The molecule has 0 unspecified atom stereocenters. The monoisotopic (exact) mass is 789 g/mol. The van der Waals surface area contributed by atoms with Crippen LogP contribution in [0, 0.1) is 23.0 Å². The zero-order valence-electron chi connectivity index (χ0n) is 31.9. The van der Waals surface area contributed by atoms with Gasteiger partial charge in [-0.05, 0) is 85.5 Å². The van der Waals surface area contributed by atoms with Crippen LogP contribution in [0.4, 0.5) is 29.2 Å². The van der Waals surface area contributed by atoms with E-state index in [0.717, 1.165) is 16.9 Å². The maximum atomic E-state index is 17.4. The third-order valence-electron chi connectivity index (χ3n) is 8.58. The van der Waals surface area contributed by atoms with E-state index in [1.807, 2.05) is 48.2 Å². The maximum absolute atomic E-state index is 17.4. The topological polar surface area (TPSA) is 124 Å². The van der Waals surface area contributed by atoms with Gasteiger partial charge >= 0.3 is 12.2 Å². The van der Waals surface area contributed by atoms with E-state index < -0.39 is 35.0 Å². The molecule has 0 bridgehead atoms. The van der Waals surface area contributed by atoms with Crippen LogP contribution in [0.2, 0.25) is 5.02 Å². The van der Waals surface area contributed by atoms with Crippen LogP contribution in [-0.2, 0) is 16.0 Å². The number of nitrogens with zero attached hydrogens (tertiary/aromatic N) is 6. The number of pyridine rings is 1. The molecule has 0 aliphatic carbocycles. The second-order valence-corrected chi connectivity index (χ2v) is 17.0. The van der Waals surface area contributed by atoms with Gasteiger partial charge in [-0.2, -0.15) is 5.26 Å². The molecule has 1 aliphatic heterocycles. The number of rotatable bonds is 6. The minimum absolute atomic E-state index is 0.0207. The zero-order valence-corrected chi connectivity index (χ0v) is 33.5. The number of aromatic nitrogens is 2. The van der Waals surface area contributed by atoms with Crippen molar-refractivity contribution in [3.8, 4) is 28.5 Å². The Bertz CT molecular complexity index is 2360. The summed E-state index contributed by atoms with van der Waals surface area (Å²) in [6.07, 6.45) is -1.22. The van der Waals surface area contributed by atoms with Gasteiger partial charge in [0.2, 0.25) is 0 Å². The van der Waals surface area contributed by atoms with Gasteiger partial charge in [-0.25, -0.2) is 28.3 Å². The van der Waals surface area contributed by atoms with E-state index in [-0.39, 0.29) is 48.3 Å². The molecule has 1 N–H and O–H groups in total. The van der Waals surface area contributed by atoms with Gasteiger partial charge in [0.25, 0.3) is 0 Å². The lowest BCUT2D eigenvalue weighted by molar-refractivity contribution is 0.0240. The summed E-state index contributed by atoms with van der Waals surface area (Å²) in [7, 11) is 3.89. The van der Waals surface area contributed by atoms with Crippen molar-refractivity contribution in [1.29, 1.82) is 5.26 Å². The lowest BCUT2D eigenvalue weighted by atomic mass is 9.96. The van der Waals surface area contributed by atoms with E-state index in [9.17, 15) is 14.9 Å². The summed E-state index contributed by atoms with van der Waals surface area (Å²) in [5.41, 5.74) is 1.19. The smallest absolute Gasteiger partial charge is 0.413 e. The Hall–Kier alpha value is -5.10. The lowest BCUT2D eigenvalue weighted by Gasteiger charge is -2.37. The van der Waals surface area contributed by atoms with Crippen molar-refractivity contribution in [1.82, 2.24) is 19.8 Å². The molecular weight excluding hydrogens is 748 g/mol. The number of carbonyl (C=O) groups excluding carboxylic acids is 2. The number of thiazole rings is 1. The predicted octanol–water partition coefficient (Wildman–Crippen LogP) is 9.45. The van der Waals surface area contributed by atoms with Crippen molar-refractivity contribution in [2.75, 3.05) is 50.5 Å². The van der Waals surface area contributed by atoms with Crippen LogP contribution in [-0.4, -0.2) is 83.4 Å². The van der Waals surface area contributed by atoms with Crippen molar-refractivity contribution in [3.63, 3.8) is 0 Å². The van der Waals surface area contributed by atoms with E-state index in [0.29, 0.717) is 49.4 Å². The summed E-state index contributed by atoms with van der Waals surface area (Å²) in [6.45, 7) is 12.4. The highest BCUT2D eigenvalue weighted by Crippen LogP contribution is 2.45. The molecule has 0 atom stereocenters. The number of ether oxygens (including phenoxy) is 2. The number of amides is 2. The second-order valence-electron chi connectivity index (χ2n) is 15.6. The molecule has 1 saturated heterocycles. The molecule has 11 nitrogen and oxygen atoms in total. The molecular formula is C40H42ClF2N7O4S. The second kappa shape index (κ2) is 15.2. The molecule has 0 radical (unpaired) electrons. The molecule has 2 amide bonds. The zero-order chi connectivity index (χ0) is 40.0. The summed E-state index contributed by atoms with van der Waals surface area (Å²) in [5.74, 6) is -1.41. The van der Waals surface area contributed by atoms with Crippen LogP contribution >= 0.6 is 22.9 Å². The number of benzene rings is 3. The van der Waals surface area contributed by atoms with Gasteiger partial charge < -0.3 is 24.2 Å². The third kappa shape index (κ3) is 8.59. The fourth-order valence-corrected chi connectivity index (χ4v) is 7.62. The molecule has 288 valence electrons.